The van der Waals surface area contributed by atoms with Gasteiger partial charge in [0.05, 0.1) is 0 Å². The average Bonchev–Trinajstić information content (AvgIpc) is 2.60. The number of benzene rings is 4. The van der Waals surface area contributed by atoms with E-state index in [0.717, 1.165) is 26.7 Å². The lowest BCUT2D eigenvalue weighted by molar-refractivity contribution is 1.61. The van der Waals surface area contributed by atoms with Gasteiger partial charge in [-0.2, -0.15) is 0 Å². The van der Waals surface area contributed by atoms with Crippen LogP contribution in [0.4, 0.5) is 0 Å². The van der Waals surface area contributed by atoms with E-state index in [1.165, 1.54) is 16.3 Å². The van der Waals surface area contributed by atoms with Gasteiger partial charge < -0.3 is 0 Å². The van der Waals surface area contributed by atoms with Crippen LogP contribution in [-0.2, 0) is 0 Å². The molecule has 0 aromatic heterocycles. The van der Waals surface area contributed by atoms with Crippen LogP contribution in [0.1, 0.15) is 0 Å². The molecule has 0 N–H and O–H groups in total. The molecule has 24 heavy (non-hydrogen) atoms. The zero-order valence-corrected chi connectivity index (χ0v) is 14.4. The van der Waals surface area contributed by atoms with Crippen molar-refractivity contribution in [3.63, 3.8) is 0 Å². The number of hydrogen-bond donors (Lipinski definition) is 0. The maximum absolute atomic E-state index is 6.25. The van der Waals surface area contributed by atoms with E-state index in [1.54, 1.807) is 0 Å². The summed E-state index contributed by atoms with van der Waals surface area (Å²) in [4.78, 5) is 0. The quantitative estimate of drug-likeness (QED) is 0.352. The Morgan fingerprint density at radius 3 is 1.96 bits per heavy atom. The van der Waals surface area contributed by atoms with Crippen LogP contribution in [-0.4, -0.2) is 0 Å². The first-order valence-electron chi connectivity index (χ1n) is 7.76. The molecule has 0 saturated heterocycles. The fourth-order valence-corrected chi connectivity index (χ4v) is 3.50. The van der Waals surface area contributed by atoms with E-state index in [4.69, 9.17) is 23.2 Å². The molecule has 0 heterocycles. The van der Waals surface area contributed by atoms with Gasteiger partial charge in [-0.15, -0.1) is 0 Å². The van der Waals surface area contributed by atoms with Gasteiger partial charge in [-0.3, -0.25) is 0 Å². The summed E-state index contributed by atoms with van der Waals surface area (Å²) >= 11 is 12.5. The molecular formula is C22H14Cl2. The molecule has 116 valence electrons. The maximum Gasteiger partial charge on any atom is 0.0412 e. The molecule has 0 unspecified atom stereocenters. The number of rotatable bonds is 2. The SMILES string of the molecule is Clc1cccc(-c2ccc3ccccc3c2-c2cccc(Cl)c2)c1. The van der Waals surface area contributed by atoms with Crippen molar-refractivity contribution in [2.45, 2.75) is 0 Å². The molecule has 4 aromatic carbocycles. The van der Waals surface area contributed by atoms with Crippen LogP contribution in [0.3, 0.4) is 0 Å². The second-order valence-electron chi connectivity index (χ2n) is 5.73. The fraction of sp³-hybridized carbons (Fsp3) is 0. The van der Waals surface area contributed by atoms with Gasteiger partial charge in [-0.05, 0) is 57.3 Å². The zero-order valence-electron chi connectivity index (χ0n) is 12.8. The largest absolute Gasteiger partial charge is 0.0843 e. The van der Waals surface area contributed by atoms with Crippen molar-refractivity contribution in [3.8, 4) is 22.3 Å². The minimum Gasteiger partial charge on any atom is -0.0843 e. The zero-order chi connectivity index (χ0) is 16.5. The Hall–Kier alpha value is -2.28. The third kappa shape index (κ3) is 2.80. The Balaban J connectivity index is 2.09. The summed E-state index contributed by atoms with van der Waals surface area (Å²) in [7, 11) is 0. The molecule has 0 bridgehead atoms. The topological polar surface area (TPSA) is 0 Å². The second-order valence-corrected chi connectivity index (χ2v) is 6.60. The highest BCUT2D eigenvalue weighted by Gasteiger charge is 2.12. The lowest BCUT2D eigenvalue weighted by Crippen LogP contribution is -1.88. The molecule has 0 saturated carbocycles. The molecule has 0 nitrogen and oxygen atoms in total. The molecular weight excluding hydrogens is 335 g/mol. The fourth-order valence-electron chi connectivity index (χ4n) is 3.12. The van der Waals surface area contributed by atoms with Gasteiger partial charge in [0.15, 0.2) is 0 Å². The normalized spacial score (nSPS) is 10.9. The van der Waals surface area contributed by atoms with Crippen molar-refractivity contribution < 1.29 is 0 Å². The highest BCUT2D eigenvalue weighted by atomic mass is 35.5. The lowest BCUT2D eigenvalue weighted by Gasteiger charge is -2.14. The van der Waals surface area contributed by atoms with Gasteiger partial charge in [0.1, 0.15) is 0 Å². The molecule has 0 amide bonds. The Morgan fingerprint density at radius 1 is 0.542 bits per heavy atom. The third-order valence-electron chi connectivity index (χ3n) is 4.18. The number of fused-ring (bicyclic) bond motifs is 1. The molecule has 0 atom stereocenters. The van der Waals surface area contributed by atoms with Crippen LogP contribution in [0.15, 0.2) is 84.9 Å². The summed E-state index contributed by atoms with van der Waals surface area (Å²) in [6, 6.07) is 28.7. The van der Waals surface area contributed by atoms with E-state index < -0.39 is 0 Å². The van der Waals surface area contributed by atoms with Crippen LogP contribution in [0.2, 0.25) is 10.0 Å². The summed E-state index contributed by atoms with van der Waals surface area (Å²) in [6.07, 6.45) is 0. The molecule has 4 rings (SSSR count). The first-order chi connectivity index (χ1) is 11.7. The van der Waals surface area contributed by atoms with Crippen molar-refractivity contribution in [3.05, 3.63) is 95.0 Å². The Kier molecular flexibility index (Phi) is 4.02. The van der Waals surface area contributed by atoms with Crippen molar-refractivity contribution in [1.29, 1.82) is 0 Å². The molecule has 0 aliphatic rings. The monoisotopic (exact) mass is 348 g/mol. The van der Waals surface area contributed by atoms with Crippen LogP contribution in [0.25, 0.3) is 33.0 Å². The second kappa shape index (κ2) is 6.32. The van der Waals surface area contributed by atoms with E-state index >= 15 is 0 Å². The van der Waals surface area contributed by atoms with Gasteiger partial charge >= 0.3 is 0 Å². The van der Waals surface area contributed by atoms with E-state index in [2.05, 4.69) is 48.5 Å². The van der Waals surface area contributed by atoms with Gasteiger partial charge in [0, 0.05) is 10.0 Å². The summed E-state index contributed by atoms with van der Waals surface area (Å²) < 4.78 is 0. The molecule has 0 fully saturated rings. The van der Waals surface area contributed by atoms with Crippen molar-refractivity contribution in [2.75, 3.05) is 0 Å². The maximum atomic E-state index is 6.25. The van der Waals surface area contributed by atoms with Gasteiger partial charge in [-0.1, -0.05) is 83.9 Å². The molecule has 2 heteroatoms. The molecule has 0 aliphatic heterocycles. The smallest absolute Gasteiger partial charge is 0.0412 e. The molecule has 0 radical (unpaired) electrons. The predicted molar refractivity (Wildman–Crippen MR) is 105 cm³/mol. The Morgan fingerprint density at radius 2 is 1.21 bits per heavy atom. The first-order valence-corrected chi connectivity index (χ1v) is 8.51. The minimum atomic E-state index is 0.734. The summed E-state index contributed by atoms with van der Waals surface area (Å²) in [5, 5.41) is 3.88. The van der Waals surface area contributed by atoms with Gasteiger partial charge in [0.2, 0.25) is 0 Å². The molecule has 4 aromatic rings. The van der Waals surface area contributed by atoms with E-state index in [9.17, 15) is 0 Å². The summed E-state index contributed by atoms with van der Waals surface area (Å²) in [5.74, 6) is 0. The molecule has 0 spiro atoms. The first kappa shape index (κ1) is 15.3. The van der Waals surface area contributed by atoms with Crippen molar-refractivity contribution >= 4 is 34.0 Å². The van der Waals surface area contributed by atoms with Crippen LogP contribution < -0.4 is 0 Å². The van der Waals surface area contributed by atoms with Crippen molar-refractivity contribution in [2.24, 2.45) is 0 Å². The summed E-state index contributed by atoms with van der Waals surface area (Å²) in [6.45, 7) is 0. The Labute approximate surface area is 151 Å². The molecule has 0 aliphatic carbocycles. The van der Waals surface area contributed by atoms with Gasteiger partial charge in [-0.25, -0.2) is 0 Å². The number of hydrogen-bond acceptors (Lipinski definition) is 0. The standard InChI is InChI=1S/C22H14Cl2/c23-18-8-3-6-16(13-18)21-12-11-15-5-1-2-10-20(15)22(21)17-7-4-9-19(24)14-17/h1-14H. The van der Waals surface area contributed by atoms with Crippen LogP contribution in [0.5, 0.6) is 0 Å². The van der Waals surface area contributed by atoms with E-state index in [0.29, 0.717) is 0 Å². The van der Waals surface area contributed by atoms with Crippen LogP contribution >= 0.6 is 23.2 Å². The van der Waals surface area contributed by atoms with E-state index in [-0.39, 0.29) is 0 Å². The van der Waals surface area contributed by atoms with Crippen molar-refractivity contribution in [1.82, 2.24) is 0 Å². The van der Waals surface area contributed by atoms with E-state index in [1.807, 2.05) is 36.4 Å². The lowest BCUT2D eigenvalue weighted by atomic mass is 9.90. The highest BCUT2D eigenvalue weighted by Crippen LogP contribution is 2.39. The average molecular weight is 349 g/mol. The minimum absolute atomic E-state index is 0.734. The highest BCUT2D eigenvalue weighted by molar-refractivity contribution is 6.31. The number of halogens is 2. The summed E-state index contributed by atoms with van der Waals surface area (Å²) in [5.41, 5.74) is 4.54. The van der Waals surface area contributed by atoms with Gasteiger partial charge in [0.25, 0.3) is 0 Å². The third-order valence-corrected chi connectivity index (χ3v) is 4.65. The Bertz CT molecular complexity index is 1030. The predicted octanol–water partition coefficient (Wildman–Crippen LogP) is 7.48. The van der Waals surface area contributed by atoms with Crippen LogP contribution in [0, 0.1) is 0 Å².